The van der Waals surface area contributed by atoms with Crippen molar-refractivity contribution < 1.29 is 9.66 Å². The van der Waals surface area contributed by atoms with Crippen LogP contribution in [0.5, 0.6) is 0 Å². The van der Waals surface area contributed by atoms with Crippen LogP contribution in [0.4, 0.5) is 5.69 Å². The highest BCUT2D eigenvalue weighted by atomic mass is 16.6. The Morgan fingerprint density at radius 3 is 2.32 bits per heavy atom. The Bertz CT molecular complexity index is 400. The van der Waals surface area contributed by atoms with Crippen molar-refractivity contribution in [3.05, 3.63) is 39.9 Å². The van der Waals surface area contributed by atoms with Gasteiger partial charge in [0.15, 0.2) is 0 Å². The average molecular weight is 266 g/mol. The van der Waals surface area contributed by atoms with Crippen LogP contribution in [0.2, 0.25) is 0 Å². The third kappa shape index (κ3) is 4.96. The Labute approximate surface area is 113 Å². The summed E-state index contributed by atoms with van der Waals surface area (Å²) in [6, 6.07) is 6.55. The molecule has 0 spiro atoms. The molecule has 1 rings (SSSR count). The van der Waals surface area contributed by atoms with E-state index in [2.05, 4.69) is 13.8 Å². The summed E-state index contributed by atoms with van der Waals surface area (Å²) >= 11 is 0. The molecular formula is C14H22N2O3. The van der Waals surface area contributed by atoms with Gasteiger partial charge in [-0.05, 0) is 24.8 Å². The summed E-state index contributed by atoms with van der Waals surface area (Å²) in [6.07, 6.45) is 2.52. The summed E-state index contributed by atoms with van der Waals surface area (Å²) in [4.78, 5) is 10.1. The van der Waals surface area contributed by atoms with Crippen LogP contribution >= 0.6 is 0 Å². The van der Waals surface area contributed by atoms with Gasteiger partial charge in [-0.25, -0.2) is 0 Å². The molecule has 0 amide bonds. The fraction of sp³-hybridized carbons (Fsp3) is 0.571. The molecule has 0 aromatic heterocycles. The molecule has 19 heavy (non-hydrogen) atoms. The smallest absolute Gasteiger partial charge is 0.269 e. The minimum atomic E-state index is -0.397. The Morgan fingerprint density at radius 2 is 1.84 bits per heavy atom. The lowest BCUT2D eigenvalue weighted by atomic mass is 9.96. The summed E-state index contributed by atoms with van der Waals surface area (Å²) in [5.41, 5.74) is 7.03. The second-order valence-electron chi connectivity index (χ2n) is 4.80. The quantitative estimate of drug-likeness (QED) is 0.446. The first kappa shape index (κ1) is 15.6. The van der Waals surface area contributed by atoms with Crippen LogP contribution < -0.4 is 5.73 Å². The SMILES string of the molecule is CCC(N)(CC)COCCc1ccc([N+](=O)[O-])cc1. The molecule has 0 bridgehead atoms. The Kier molecular flexibility index (Phi) is 5.92. The van der Waals surface area contributed by atoms with Gasteiger partial charge in [0.2, 0.25) is 0 Å². The molecule has 5 heteroatoms. The molecule has 2 N–H and O–H groups in total. The monoisotopic (exact) mass is 266 g/mol. The predicted molar refractivity (Wildman–Crippen MR) is 75.1 cm³/mol. The van der Waals surface area contributed by atoms with Crippen molar-refractivity contribution in [2.24, 2.45) is 5.73 Å². The normalized spacial score (nSPS) is 11.5. The molecule has 0 atom stereocenters. The second kappa shape index (κ2) is 7.21. The van der Waals surface area contributed by atoms with Crippen LogP contribution in [0.3, 0.4) is 0 Å². The zero-order valence-electron chi connectivity index (χ0n) is 11.6. The van der Waals surface area contributed by atoms with Gasteiger partial charge in [0, 0.05) is 17.7 Å². The lowest BCUT2D eigenvalue weighted by Gasteiger charge is -2.26. The van der Waals surface area contributed by atoms with Gasteiger partial charge in [-0.3, -0.25) is 10.1 Å². The minimum absolute atomic E-state index is 0.114. The van der Waals surface area contributed by atoms with Crippen molar-refractivity contribution in [2.75, 3.05) is 13.2 Å². The topological polar surface area (TPSA) is 78.4 Å². The Hall–Kier alpha value is -1.46. The molecule has 0 aliphatic heterocycles. The van der Waals surface area contributed by atoms with Crippen LogP contribution in [0.25, 0.3) is 0 Å². The summed E-state index contributed by atoms with van der Waals surface area (Å²) in [5.74, 6) is 0. The van der Waals surface area contributed by atoms with Gasteiger partial charge >= 0.3 is 0 Å². The predicted octanol–water partition coefficient (Wildman–Crippen LogP) is 2.67. The van der Waals surface area contributed by atoms with Crippen molar-refractivity contribution in [1.29, 1.82) is 0 Å². The number of hydrogen-bond donors (Lipinski definition) is 1. The maximum atomic E-state index is 10.5. The molecule has 0 saturated heterocycles. The summed E-state index contributed by atoms with van der Waals surface area (Å²) < 4.78 is 5.60. The number of nitro groups is 1. The van der Waals surface area contributed by atoms with Crippen molar-refractivity contribution in [1.82, 2.24) is 0 Å². The summed E-state index contributed by atoms with van der Waals surface area (Å²) in [5, 5.41) is 10.5. The molecule has 0 radical (unpaired) electrons. The average Bonchev–Trinajstić information content (AvgIpc) is 2.44. The van der Waals surface area contributed by atoms with Crippen LogP contribution in [-0.4, -0.2) is 23.7 Å². The molecule has 0 aliphatic rings. The third-order valence-electron chi connectivity index (χ3n) is 3.48. The number of rotatable bonds is 8. The number of nitrogens with two attached hydrogens (primary N) is 1. The van der Waals surface area contributed by atoms with E-state index in [1.165, 1.54) is 12.1 Å². The van der Waals surface area contributed by atoms with E-state index in [1.807, 2.05) is 0 Å². The van der Waals surface area contributed by atoms with Gasteiger partial charge in [0.25, 0.3) is 5.69 Å². The molecule has 5 nitrogen and oxygen atoms in total. The van der Waals surface area contributed by atoms with Crippen LogP contribution in [0, 0.1) is 10.1 Å². The summed E-state index contributed by atoms with van der Waals surface area (Å²) in [7, 11) is 0. The maximum absolute atomic E-state index is 10.5. The van der Waals surface area contributed by atoms with E-state index in [0.29, 0.717) is 13.2 Å². The first-order chi connectivity index (χ1) is 9.00. The molecule has 0 unspecified atom stereocenters. The van der Waals surface area contributed by atoms with Crippen molar-refractivity contribution >= 4 is 5.69 Å². The van der Waals surface area contributed by atoms with Gasteiger partial charge in [-0.2, -0.15) is 0 Å². The van der Waals surface area contributed by atoms with E-state index in [1.54, 1.807) is 12.1 Å². The Morgan fingerprint density at radius 1 is 1.26 bits per heavy atom. The number of ether oxygens (including phenoxy) is 1. The number of nitrogens with zero attached hydrogens (tertiary/aromatic N) is 1. The highest BCUT2D eigenvalue weighted by molar-refractivity contribution is 5.32. The molecule has 0 saturated carbocycles. The minimum Gasteiger partial charge on any atom is -0.379 e. The largest absolute Gasteiger partial charge is 0.379 e. The molecule has 0 fully saturated rings. The van der Waals surface area contributed by atoms with Crippen molar-refractivity contribution in [2.45, 2.75) is 38.6 Å². The number of benzene rings is 1. The van der Waals surface area contributed by atoms with Gasteiger partial charge in [0.1, 0.15) is 0 Å². The fourth-order valence-electron chi connectivity index (χ4n) is 1.70. The first-order valence-electron chi connectivity index (χ1n) is 6.60. The maximum Gasteiger partial charge on any atom is 0.269 e. The molecule has 1 aromatic carbocycles. The molecule has 0 aliphatic carbocycles. The zero-order valence-corrected chi connectivity index (χ0v) is 11.6. The van der Waals surface area contributed by atoms with Gasteiger partial charge in [-0.1, -0.05) is 26.0 Å². The lowest BCUT2D eigenvalue weighted by Crippen LogP contribution is -2.43. The van der Waals surface area contributed by atoms with E-state index in [-0.39, 0.29) is 11.2 Å². The van der Waals surface area contributed by atoms with Gasteiger partial charge < -0.3 is 10.5 Å². The zero-order chi connectivity index (χ0) is 14.3. The number of nitro benzene ring substituents is 1. The van der Waals surface area contributed by atoms with Crippen molar-refractivity contribution in [3.63, 3.8) is 0 Å². The highest BCUT2D eigenvalue weighted by Crippen LogP contribution is 2.14. The molecule has 106 valence electrons. The van der Waals surface area contributed by atoms with E-state index in [4.69, 9.17) is 10.5 Å². The molecule has 1 aromatic rings. The molecular weight excluding hydrogens is 244 g/mol. The van der Waals surface area contributed by atoms with E-state index in [9.17, 15) is 10.1 Å². The number of non-ortho nitro benzene ring substituents is 1. The van der Waals surface area contributed by atoms with Gasteiger partial charge in [0.05, 0.1) is 18.1 Å². The lowest BCUT2D eigenvalue weighted by molar-refractivity contribution is -0.384. The van der Waals surface area contributed by atoms with Gasteiger partial charge in [-0.15, -0.1) is 0 Å². The van der Waals surface area contributed by atoms with E-state index in [0.717, 1.165) is 24.8 Å². The van der Waals surface area contributed by atoms with Crippen LogP contribution in [0.15, 0.2) is 24.3 Å². The summed E-state index contributed by atoms with van der Waals surface area (Å²) in [6.45, 7) is 5.25. The van der Waals surface area contributed by atoms with E-state index < -0.39 is 4.92 Å². The second-order valence-corrected chi connectivity index (χ2v) is 4.80. The third-order valence-corrected chi connectivity index (χ3v) is 3.48. The fourth-order valence-corrected chi connectivity index (χ4v) is 1.70. The Balaban J connectivity index is 2.35. The van der Waals surface area contributed by atoms with Crippen LogP contribution in [-0.2, 0) is 11.2 Å². The number of hydrogen-bond acceptors (Lipinski definition) is 4. The first-order valence-corrected chi connectivity index (χ1v) is 6.60. The molecule has 0 heterocycles. The standard InChI is InChI=1S/C14H22N2O3/c1-3-14(15,4-2)11-19-10-9-12-5-7-13(8-6-12)16(17)18/h5-8H,3-4,9-11,15H2,1-2H3. The van der Waals surface area contributed by atoms with Crippen LogP contribution in [0.1, 0.15) is 32.3 Å². The highest BCUT2D eigenvalue weighted by Gasteiger charge is 2.19. The van der Waals surface area contributed by atoms with Crippen molar-refractivity contribution in [3.8, 4) is 0 Å². The van der Waals surface area contributed by atoms with E-state index >= 15 is 0 Å².